The van der Waals surface area contributed by atoms with Crippen molar-refractivity contribution in [3.8, 4) is 0 Å². The smallest absolute Gasteiger partial charge is 0.0931 e. The summed E-state index contributed by atoms with van der Waals surface area (Å²) in [5, 5.41) is 3.45. The molecule has 0 bridgehead atoms. The quantitative estimate of drug-likeness (QED) is 0.844. The van der Waals surface area contributed by atoms with Gasteiger partial charge in [-0.15, -0.1) is 11.3 Å². The molecule has 1 N–H and O–H groups in total. The average Bonchev–Trinajstić information content (AvgIpc) is 3.15. The Bertz CT molecular complexity index is 514. The maximum absolute atomic E-state index is 5.90. The van der Waals surface area contributed by atoms with Crippen LogP contribution in [-0.2, 0) is 13.1 Å². The van der Waals surface area contributed by atoms with Gasteiger partial charge in [0.15, 0.2) is 0 Å². The monoisotopic (exact) mass is 277 g/mol. The second kappa shape index (κ2) is 5.43. The van der Waals surface area contributed by atoms with Gasteiger partial charge in [0.25, 0.3) is 0 Å². The van der Waals surface area contributed by atoms with Gasteiger partial charge in [0.2, 0.25) is 0 Å². The SMILES string of the molecule is Clc1ccc(CNCc2ccc(C3CC3)cc2)s1. The zero-order valence-electron chi connectivity index (χ0n) is 10.2. The van der Waals surface area contributed by atoms with E-state index in [1.54, 1.807) is 11.3 Å². The number of nitrogens with one attached hydrogen (secondary N) is 1. The summed E-state index contributed by atoms with van der Waals surface area (Å²) in [6.45, 7) is 1.81. The molecule has 0 unspecified atom stereocenters. The molecule has 18 heavy (non-hydrogen) atoms. The van der Waals surface area contributed by atoms with Crippen LogP contribution in [0.2, 0.25) is 4.34 Å². The van der Waals surface area contributed by atoms with Crippen LogP contribution in [0.5, 0.6) is 0 Å². The predicted molar refractivity (Wildman–Crippen MR) is 78.3 cm³/mol. The number of benzene rings is 1. The molecule has 0 saturated heterocycles. The van der Waals surface area contributed by atoms with Crippen LogP contribution in [0, 0.1) is 0 Å². The highest BCUT2D eigenvalue weighted by Gasteiger charge is 2.22. The lowest BCUT2D eigenvalue weighted by Gasteiger charge is -2.05. The molecule has 0 aliphatic heterocycles. The van der Waals surface area contributed by atoms with Crippen molar-refractivity contribution in [2.45, 2.75) is 31.8 Å². The molecule has 0 atom stereocenters. The standard InChI is InChI=1S/C15H16ClNS/c16-15-8-7-14(18-15)10-17-9-11-1-3-12(4-2-11)13-5-6-13/h1-4,7-8,13,17H,5-6,9-10H2. The molecular formula is C15H16ClNS. The van der Waals surface area contributed by atoms with E-state index in [0.717, 1.165) is 23.3 Å². The predicted octanol–water partition coefficient (Wildman–Crippen LogP) is 4.57. The van der Waals surface area contributed by atoms with Crippen molar-refractivity contribution in [3.05, 3.63) is 56.7 Å². The highest BCUT2D eigenvalue weighted by Crippen LogP contribution is 2.39. The van der Waals surface area contributed by atoms with Crippen molar-refractivity contribution in [1.29, 1.82) is 0 Å². The van der Waals surface area contributed by atoms with E-state index in [1.165, 1.54) is 28.8 Å². The van der Waals surface area contributed by atoms with Gasteiger partial charge in [-0.25, -0.2) is 0 Å². The highest BCUT2D eigenvalue weighted by atomic mass is 35.5. The van der Waals surface area contributed by atoms with Gasteiger partial charge in [-0.1, -0.05) is 35.9 Å². The van der Waals surface area contributed by atoms with Crippen LogP contribution in [0.15, 0.2) is 36.4 Å². The fourth-order valence-electron chi connectivity index (χ4n) is 2.10. The first-order valence-corrected chi connectivity index (χ1v) is 7.54. The van der Waals surface area contributed by atoms with Gasteiger partial charge in [-0.05, 0) is 42.0 Å². The molecule has 0 amide bonds. The number of hydrogen-bond donors (Lipinski definition) is 1. The number of thiophene rings is 1. The fourth-order valence-corrected chi connectivity index (χ4v) is 3.16. The third-order valence-corrected chi connectivity index (χ3v) is 4.52. The van der Waals surface area contributed by atoms with Gasteiger partial charge < -0.3 is 5.32 Å². The molecule has 0 radical (unpaired) electrons. The minimum atomic E-state index is 0.847. The van der Waals surface area contributed by atoms with Crippen LogP contribution in [0.4, 0.5) is 0 Å². The summed E-state index contributed by atoms with van der Waals surface area (Å²) >= 11 is 7.54. The molecule has 1 fully saturated rings. The number of hydrogen-bond acceptors (Lipinski definition) is 2. The molecule has 1 saturated carbocycles. The Morgan fingerprint density at radius 3 is 2.44 bits per heavy atom. The lowest BCUT2D eigenvalue weighted by molar-refractivity contribution is 0.700. The molecule has 1 nitrogen and oxygen atoms in total. The van der Waals surface area contributed by atoms with E-state index in [2.05, 4.69) is 35.6 Å². The Morgan fingerprint density at radius 2 is 1.83 bits per heavy atom. The summed E-state index contributed by atoms with van der Waals surface area (Å²) in [6, 6.07) is 13.1. The van der Waals surface area contributed by atoms with Crippen LogP contribution in [0.25, 0.3) is 0 Å². The molecule has 94 valence electrons. The van der Waals surface area contributed by atoms with Crippen LogP contribution >= 0.6 is 22.9 Å². The minimum absolute atomic E-state index is 0.847. The molecular weight excluding hydrogens is 262 g/mol. The largest absolute Gasteiger partial charge is 0.308 e. The van der Waals surface area contributed by atoms with Gasteiger partial charge in [-0.2, -0.15) is 0 Å². The summed E-state index contributed by atoms with van der Waals surface area (Å²) in [7, 11) is 0. The first-order valence-electron chi connectivity index (χ1n) is 6.35. The topological polar surface area (TPSA) is 12.0 Å². The van der Waals surface area contributed by atoms with E-state index in [1.807, 2.05) is 6.07 Å². The zero-order chi connectivity index (χ0) is 12.4. The van der Waals surface area contributed by atoms with Crippen molar-refractivity contribution in [1.82, 2.24) is 5.32 Å². The van der Waals surface area contributed by atoms with Crippen molar-refractivity contribution in [2.24, 2.45) is 0 Å². The van der Waals surface area contributed by atoms with Crippen LogP contribution in [-0.4, -0.2) is 0 Å². The third kappa shape index (κ3) is 3.14. The number of halogens is 1. The van der Waals surface area contributed by atoms with Crippen LogP contribution in [0.3, 0.4) is 0 Å². The minimum Gasteiger partial charge on any atom is -0.308 e. The summed E-state index contributed by atoms with van der Waals surface area (Å²) in [5.74, 6) is 0.847. The van der Waals surface area contributed by atoms with Crippen molar-refractivity contribution in [3.63, 3.8) is 0 Å². The van der Waals surface area contributed by atoms with Crippen LogP contribution < -0.4 is 5.32 Å². The Balaban J connectivity index is 1.50. The maximum Gasteiger partial charge on any atom is 0.0931 e. The van der Waals surface area contributed by atoms with Crippen molar-refractivity contribution in [2.75, 3.05) is 0 Å². The van der Waals surface area contributed by atoms with E-state index in [9.17, 15) is 0 Å². The summed E-state index contributed by atoms with van der Waals surface area (Å²) in [5.41, 5.74) is 2.85. The Hall–Kier alpha value is -0.830. The molecule has 1 aromatic carbocycles. The first kappa shape index (κ1) is 12.2. The lowest BCUT2D eigenvalue weighted by Crippen LogP contribution is -2.11. The van der Waals surface area contributed by atoms with E-state index in [-0.39, 0.29) is 0 Å². The zero-order valence-corrected chi connectivity index (χ0v) is 11.7. The summed E-state index contributed by atoms with van der Waals surface area (Å²) < 4.78 is 0.862. The molecule has 1 aliphatic rings. The van der Waals surface area contributed by atoms with Gasteiger partial charge >= 0.3 is 0 Å². The Labute approximate surface area is 117 Å². The maximum atomic E-state index is 5.90. The third-order valence-electron chi connectivity index (χ3n) is 3.29. The Kier molecular flexibility index (Phi) is 3.69. The molecule has 1 aliphatic carbocycles. The average molecular weight is 278 g/mol. The summed E-state index contributed by atoms with van der Waals surface area (Å²) in [6.07, 6.45) is 2.74. The van der Waals surface area contributed by atoms with Gasteiger partial charge in [0, 0.05) is 18.0 Å². The fraction of sp³-hybridized carbons (Fsp3) is 0.333. The molecule has 1 aromatic heterocycles. The molecule has 2 aromatic rings. The van der Waals surface area contributed by atoms with Gasteiger partial charge in [0.05, 0.1) is 4.34 Å². The van der Waals surface area contributed by atoms with Crippen molar-refractivity contribution >= 4 is 22.9 Å². The van der Waals surface area contributed by atoms with Gasteiger partial charge in [0.1, 0.15) is 0 Å². The molecule has 0 spiro atoms. The molecule has 3 rings (SSSR count). The first-order chi connectivity index (χ1) is 8.81. The van der Waals surface area contributed by atoms with Gasteiger partial charge in [-0.3, -0.25) is 0 Å². The van der Waals surface area contributed by atoms with E-state index >= 15 is 0 Å². The highest BCUT2D eigenvalue weighted by molar-refractivity contribution is 7.16. The van der Waals surface area contributed by atoms with Crippen LogP contribution in [0.1, 0.15) is 34.8 Å². The van der Waals surface area contributed by atoms with E-state index in [0.29, 0.717) is 0 Å². The lowest BCUT2D eigenvalue weighted by atomic mass is 10.1. The second-order valence-electron chi connectivity index (χ2n) is 4.83. The Morgan fingerprint density at radius 1 is 1.06 bits per heavy atom. The van der Waals surface area contributed by atoms with E-state index in [4.69, 9.17) is 11.6 Å². The molecule has 3 heteroatoms. The number of rotatable bonds is 5. The van der Waals surface area contributed by atoms with Crippen molar-refractivity contribution < 1.29 is 0 Å². The summed E-state index contributed by atoms with van der Waals surface area (Å²) in [4.78, 5) is 1.29. The normalized spacial score (nSPS) is 14.9. The second-order valence-corrected chi connectivity index (χ2v) is 6.62. The molecule has 1 heterocycles. The van der Waals surface area contributed by atoms with E-state index < -0.39 is 0 Å².